The molecule has 0 nitrogen and oxygen atoms in total. The molecule has 0 aliphatic carbocycles. The summed E-state index contributed by atoms with van der Waals surface area (Å²) in [7, 11) is 8.34. The van der Waals surface area contributed by atoms with Crippen LogP contribution in [-0.4, -0.2) is 12.3 Å². The summed E-state index contributed by atoms with van der Waals surface area (Å²) in [4.78, 5) is 0. The van der Waals surface area contributed by atoms with Crippen LogP contribution in [0.25, 0.3) is 0 Å². The predicted octanol–water partition coefficient (Wildman–Crippen LogP) is 9.31. The second-order valence-corrected chi connectivity index (χ2v) is 9.48. The smallest absolute Gasteiger partial charge is 0.0286 e. The molecule has 0 spiro atoms. The molecule has 0 aromatic carbocycles. The molecule has 0 amide bonds. The molecule has 3 unspecified atom stereocenters. The van der Waals surface area contributed by atoms with E-state index < -0.39 is 0 Å². The topological polar surface area (TPSA) is 0 Å². The van der Waals surface area contributed by atoms with E-state index in [1.54, 1.807) is 0 Å². The molecule has 0 aromatic heterocycles. The van der Waals surface area contributed by atoms with E-state index in [0.717, 1.165) is 0 Å². The third-order valence-corrected chi connectivity index (χ3v) is 3.29. The fourth-order valence-electron chi connectivity index (χ4n) is 0. The van der Waals surface area contributed by atoms with E-state index in [4.69, 9.17) is 0 Å². The Hall–Kier alpha value is 1.72. The lowest BCUT2D eigenvalue weighted by atomic mass is 11.0. The van der Waals surface area contributed by atoms with E-state index in [1.807, 2.05) is 0 Å². The van der Waals surface area contributed by atoms with Gasteiger partial charge in [0.2, 0.25) is 0 Å². The van der Waals surface area contributed by atoms with E-state index in [2.05, 4.69) is 40.9 Å². The van der Waals surface area contributed by atoms with Crippen molar-refractivity contribution in [2.75, 3.05) is 12.3 Å². The van der Waals surface area contributed by atoms with E-state index in [9.17, 15) is 0 Å². The molecule has 0 aliphatic rings. The Labute approximate surface area is 135 Å². The molecule has 0 aliphatic heterocycles. The Morgan fingerprint density at radius 2 is 0.667 bits per heavy atom. The first kappa shape index (κ1) is 116. The zero-order chi connectivity index (χ0) is 6.99. The highest BCUT2D eigenvalue weighted by Gasteiger charge is 1.78. The quantitative estimate of drug-likeness (QED) is 0.414. The Bertz CT molecular complexity index is 35.0. The first-order valence-corrected chi connectivity index (χ1v) is 8.24. The standard InChI is InChI=1S/C2H9P3.C2H7P.10CH4/c1-2-5(3)4;1-2-3;;;;;;;;;;/h2-4H2,1H3;2-3H2,1H3;10*1H4. The Balaban J connectivity index is -0.00000000265. The molecule has 18 heavy (non-hydrogen) atoms. The zero-order valence-electron chi connectivity index (χ0n) is 5.59. The minimum Gasteiger partial charge on any atom is -0.138 e. The van der Waals surface area contributed by atoms with Gasteiger partial charge in [0.15, 0.2) is 0 Å². The molecule has 0 aromatic rings. The van der Waals surface area contributed by atoms with Gasteiger partial charge >= 0.3 is 0 Å². The Kier molecular flexibility index (Phi) is 839. The summed E-state index contributed by atoms with van der Waals surface area (Å²) in [6, 6.07) is 0. The van der Waals surface area contributed by atoms with Crippen LogP contribution in [0.3, 0.4) is 0 Å². The molecule has 0 radical (unpaired) electrons. The molecule has 132 valence electrons. The largest absolute Gasteiger partial charge is 0.138 e. The van der Waals surface area contributed by atoms with Crippen LogP contribution in [0.5, 0.6) is 0 Å². The lowest BCUT2D eigenvalue weighted by Crippen LogP contribution is -1.49. The van der Waals surface area contributed by atoms with Gasteiger partial charge in [0.05, 0.1) is 0 Å². The number of rotatable bonds is 1. The van der Waals surface area contributed by atoms with Gasteiger partial charge in [-0.25, -0.2) is 0 Å². The normalized spacial score (nSPS) is 3.67. The zero-order valence-corrected chi connectivity index (χ0v) is 9.95. The van der Waals surface area contributed by atoms with Crippen molar-refractivity contribution in [2.24, 2.45) is 0 Å². The maximum Gasteiger partial charge on any atom is -0.0286 e. The molecule has 0 bridgehead atoms. The summed E-state index contributed by atoms with van der Waals surface area (Å²) >= 11 is 0. The van der Waals surface area contributed by atoms with E-state index in [1.165, 1.54) is 12.3 Å². The fourth-order valence-corrected chi connectivity index (χ4v) is 0. The lowest BCUT2D eigenvalue weighted by molar-refractivity contribution is 1.53. The van der Waals surface area contributed by atoms with Gasteiger partial charge in [-0.2, -0.15) is 0 Å². The minimum atomic E-state index is 0. The highest BCUT2D eigenvalue weighted by Crippen LogP contribution is 2.51. The second kappa shape index (κ2) is 130. The van der Waals surface area contributed by atoms with Crippen LogP contribution in [0.4, 0.5) is 0 Å². The van der Waals surface area contributed by atoms with Crippen LogP contribution in [-0.2, 0) is 0 Å². The highest BCUT2D eigenvalue weighted by molar-refractivity contribution is 8.43. The molecule has 0 saturated heterocycles. The molecule has 0 rings (SSSR count). The molecule has 0 heterocycles. The van der Waals surface area contributed by atoms with Crippen molar-refractivity contribution in [3.63, 3.8) is 0 Å². The van der Waals surface area contributed by atoms with Gasteiger partial charge < -0.3 is 0 Å². The Morgan fingerprint density at radius 1 is 0.611 bits per heavy atom. The summed E-state index contributed by atoms with van der Waals surface area (Å²) < 4.78 is 0. The fraction of sp³-hybridized carbons (Fsp3) is 1.00. The average Bonchev–Trinajstić information content (AvgIpc) is 1.69. The van der Waals surface area contributed by atoms with Gasteiger partial charge in [0.1, 0.15) is 0 Å². The van der Waals surface area contributed by atoms with E-state index in [0.29, 0.717) is 0 Å². The maximum atomic E-state index is 2.76. The van der Waals surface area contributed by atoms with Gasteiger partial charge in [-0.1, -0.05) is 95.4 Å². The molecule has 0 saturated carbocycles. The van der Waals surface area contributed by atoms with Crippen LogP contribution in [0.15, 0.2) is 0 Å². The van der Waals surface area contributed by atoms with Gasteiger partial charge in [0.25, 0.3) is 0 Å². The molecule has 3 atom stereocenters. The first-order chi connectivity index (χ1) is 3.68. The van der Waals surface area contributed by atoms with Crippen LogP contribution in [0.1, 0.15) is 88.1 Å². The molecule has 4 heteroatoms. The third-order valence-electron chi connectivity index (χ3n) is 0.365. The van der Waals surface area contributed by atoms with Gasteiger partial charge in [-0.3, -0.25) is 0 Å². The molecule has 0 fully saturated rings. The monoisotopic (exact) mass is 348 g/mol. The second-order valence-electron chi connectivity index (χ2n) is 1.24. The lowest BCUT2D eigenvalue weighted by Gasteiger charge is -1.92. The molecular weight excluding hydrogens is 292 g/mol. The SMILES string of the molecule is C.C.C.C.C.C.C.C.C.C.CCP.CCP(P)P. The van der Waals surface area contributed by atoms with Crippen molar-refractivity contribution in [3.05, 3.63) is 0 Å². The number of hydrogen-bond donors (Lipinski definition) is 0. The van der Waals surface area contributed by atoms with Crippen LogP contribution < -0.4 is 0 Å². The average molecular weight is 348 g/mol. The number of hydrogen-bond acceptors (Lipinski definition) is 0. The summed E-state index contributed by atoms with van der Waals surface area (Å²) in [6.07, 6.45) is 2.46. The van der Waals surface area contributed by atoms with Crippen molar-refractivity contribution in [2.45, 2.75) is 88.1 Å². The van der Waals surface area contributed by atoms with Crippen molar-refractivity contribution < 1.29 is 0 Å². The van der Waals surface area contributed by atoms with Crippen molar-refractivity contribution in [3.8, 4) is 0 Å². The summed E-state index contributed by atoms with van der Waals surface area (Å²) in [5.41, 5.74) is 0. The van der Waals surface area contributed by atoms with E-state index >= 15 is 0 Å². The highest BCUT2D eigenvalue weighted by atomic mass is 32.4. The summed E-state index contributed by atoms with van der Waals surface area (Å²) in [6.45, 7) is 4.27. The van der Waals surface area contributed by atoms with Gasteiger partial charge in [0, 0.05) is 0 Å². The minimum absolute atomic E-state index is 0. The van der Waals surface area contributed by atoms with Crippen LogP contribution >= 0.6 is 34.4 Å². The third kappa shape index (κ3) is 358. The summed E-state index contributed by atoms with van der Waals surface area (Å²) in [5.74, 6) is 0. The molecule has 0 N–H and O–H groups in total. The van der Waals surface area contributed by atoms with Crippen molar-refractivity contribution in [1.29, 1.82) is 0 Å². The summed E-state index contributed by atoms with van der Waals surface area (Å²) in [5, 5.41) is 0. The Morgan fingerprint density at radius 3 is 0.667 bits per heavy atom. The van der Waals surface area contributed by atoms with Crippen LogP contribution in [0, 0.1) is 0 Å². The van der Waals surface area contributed by atoms with Crippen LogP contribution in [0.2, 0.25) is 0 Å². The molecular formula is C14H56P4. The van der Waals surface area contributed by atoms with Crippen molar-refractivity contribution in [1.82, 2.24) is 0 Å². The first-order valence-electron chi connectivity index (χ1n) is 2.66. The van der Waals surface area contributed by atoms with Crippen molar-refractivity contribution >= 4 is 34.4 Å². The van der Waals surface area contributed by atoms with Gasteiger partial charge in [-0.15, -0.1) is 27.1 Å². The maximum absolute atomic E-state index is 2.76. The van der Waals surface area contributed by atoms with Gasteiger partial charge in [-0.05, 0) is 12.3 Å². The van der Waals surface area contributed by atoms with E-state index in [-0.39, 0.29) is 81.6 Å². The predicted molar refractivity (Wildman–Crippen MR) is 124 cm³/mol.